The van der Waals surface area contributed by atoms with E-state index < -0.39 is 15.6 Å². The van der Waals surface area contributed by atoms with E-state index in [1.165, 1.54) is 24.3 Å². The molecule has 112 valence electrons. The Balaban J connectivity index is 1.98. The van der Waals surface area contributed by atoms with Gasteiger partial charge in [0.25, 0.3) is 0 Å². The predicted octanol–water partition coefficient (Wildman–Crippen LogP) is 3.50. The molecule has 20 heavy (non-hydrogen) atoms. The van der Waals surface area contributed by atoms with Crippen LogP contribution in [-0.4, -0.2) is 26.1 Å². The van der Waals surface area contributed by atoms with E-state index in [4.69, 9.17) is 11.6 Å². The third-order valence-corrected chi connectivity index (χ3v) is 5.53. The maximum Gasteiger partial charge on any atom is 0.341 e. The smallest absolute Gasteiger partial charge is 0.341 e. The van der Waals surface area contributed by atoms with Gasteiger partial charge in [-0.2, -0.15) is 8.78 Å². The topological polar surface area (TPSA) is 46.2 Å². The van der Waals surface area contributed by atoms with Gasteiger partial charge in [0, 0.05) is 17.6 Å². The van der Waals surface area contributed by atoms with E-state index in [-0.39, 0.29) is 10.3 Å². The summed E-state index contributed by atoms with van der Waals surface area (Å²) in [6.45, 7) is 0.703. The van der Waals surface area contributed by atoms with Crippen molar-refractivity contribution in [2.45, 2.75) is 35.3 Å². The molecular formula is C13H16ClF2NO2S. The molecule has 1 N–H and O–H groups in total. The van der Waals surface area contributed by atoms with Crippen LogP contribution in [0, 0.1) is 5.92 Å². The SMILES string of the molecule is O=S(=O)(c1ccc(NCC2CCCC2Cl)cc1)C(F)F. The summed E-state index contributed by atoms with van der Waals surface area (Å²) in [6, 6.07) is 5.37. The Bertz CT molecular complexity index is 548. The second-order valence-corrected chi connectivity index (χ2v) is 7.40. The lowest BCUT2D eigenvalue weighted by Crippen LogP contribution is -2.18. The van der Waals surface area contributed by atoms with Crippen molar-refractivity contribution in [1.29, 1.82) is 0 Å². The number of anilines is 1. The molecule has 2 atom stereocenters. The number of alkyl halides is 3. The highest BCUT2D eigenvalue weighted by atomic mass is 35.5. The zero-order valence-corrected chi connectivity index (χ0v) is 12.3. The van der Waals surface area contributed by atoms with Crippen molar-refractivity contribution in [3.05, 3.63) is 24.3 Å². The fraction of sp³-hybridized carbons (Fsp3) is 0.538. The van der Waals surface area contributed by atoms with Gasteiger partial charge in [0.15, 0.2) is 0 Å². The summed E-state index contributed by atoms with van der Waals surface area (Å²) in [6.07, 6.45) is 3.20. The van der Waals surface area contributed by atoms with Gasteiger partial charge < -0.3 is 5.32 Å². The van der Waals surface area contributed by atoms with Gasteiger partial charge in [0.05, 0.1) is 4.90 Å². The highest BCUT2D eigenvalue weighted by Crippen LogP contribution is 2.30. The van der Waals surface area contributed by atoms with E-state index in [0.29, 0.717) is 18.2 Å². The Morgan fingerprint density at radius 2 is 1.90 bits per heavy atom. The Kier molecular flexibility index (Phi) is 4.86. The third kappa shape index (κ3) is 3.41. The van der Waals surface area contributed by atoms with Gasteiger partial charge in [-0.3, -0.25) is 0 Å². The van der Waals surface area contributed by atoms with Gasteiger partial charge in [0.1, 0.15) is 0 Å². The monoisotopic (exact) mass is 323 g/mol. The molecule has 0 radical (unpaired) electrons. The fourth-order valence-electron chi connectivity index (χ4n) is 2.34. The van der Waals surface area contributed by atoms with Crippen LogP contribution in [0.2, 0.25) is 0 Å². The Labute approximate surface area is 122 Å². The molecule has 3 nitrogen and oxygen atoms in total. The molecule has 1 saturated carbocycles. The van der Waals surface area contributed by atoms with Crippen molar-refractivity contribution in [3.8, 4) is 0 Å². The lowest BCUT2D eigenvalue weighted by molar-refractivity contribution is 0.234. The maximum absolute atomic E-state index is 12.4. The molecule has 0 aliphatic heterocycles. The van der Waals surface area contributed by atoms with Crippen molar-refractivity contribution in [2.24, 2.45) is 5.92 Å². The zero-order chi connectivity index (χ0) is 14.8. The lowest BCUT2D eigenvalue weighted by Gasteiger charge is -2.15. The van der Waals surface area contributed by atoms with Crippen LogP contribution in [0.1, 0.15) is 19.3 Å². The molecule has 1 fully saturated rings. The lowest BCUT2D eigenvalue weighted by atomic mass is 10.1. The van der Waals surface area contributed by atoms with E-state index in [9.17, 15) is 17.2 Å². The Hall–Kier alpha value is -0.880. The summed E-state index contributed by atoms with van der Waals surface area (Å²) in [5.74, 6) is -3.00. The maximum atomic E-state index is 12.4. The Morgan fingerprint density at radius 3 is 2.40 bits per heavy atom. The van der Waals surface area contributed by atoms with Crippen molar-refractivity contribution in [2.75, 3.05) is 11.9 Å². The number of sulfone groups is 1. The van der Waals surface area contributed by atoms with Crippen LogP contribution in [0.15, 0.2) is 29.2 Å². The first-order chi connectivity index (χ1) is 9.41. The summed E-state index contributed by atoms with van der Waals surface area (Å²) in [5.41, 5.74) is 0.703. The first-order valence-corrected chi connectivity index (χ1v) is 8.39. The predicted molar refractivity (Wildman–Crippen MR) is 75.1 cm³/mol. The fourth-order valence-corrected chi connectivity index (χ4v) is 3.43. The highest BCUT2D eigenvalue weighted by Gasteiger charge is 2.27. The molecule has 0 aromatic heterocycles. The van der Waals surface area contributed by atoms with Gasteiger partial charge in [-0.05, 0) is 43.0 Å². The molecule has 2 unspecified atom stereocenters. The summed E-state index contributed by atoms with van der Waals surface area (Å²) in [4.78, 5) is -0.367. The number of hydrogen-bond acceptors (Lipinski definition) is 3. The van der Waals surface area contributed by atoms with Gasteiger partial charge >= 0.3 is 5.76 Å². The van der Waals surface area contributed by atoms with Crippen molar-refractivity contribution in [1.82, 2.24) is 0 Å². The molecule has 0 amide bonds. The van der Waals surface area contributed by atoms with E-state index in [1.54, 1.807) is 0 Å². The first-order valence-electron chi connectivity index (χ1n) is 6.41. The molecule has 1 aromatic carbocycles. The van der Waals surface area contributed by atoms with E-state index in [1.807, 2.05) is 0 Å². The third-order valence-electron chi connectivity index (χ3n) is 3.55. The summed E-state index contributed by atoms with van der Waals surface area (Å²) < 4.78 is 47.3. The van der Waals surface area contributed by atoms with Crippen LogP contribution < -0.4 is 5.32 Å². The average molecular weight is 324 g/mol. The molecule has 0 saturated heterocycles. The van der Waals surface area contributed by atoms with Crippen LogP contribution in [0.3, 0.4) is 0 Å². The van der Waals surface area contributed by atoms with E-state index in [0.717, 1.165) is 19.3 Å². The molecule has 0 spiro atoms. The second-order valence-electron chi connectivity index (χ2n) is 4.92. The van der Waals surface area contributed by atoms with Crippen LogP contribution >= 0.6 is 11.6 Å². The van der Waals surface area contributed by atoms with Crippen LogP contribution in [0.25, 0.3) is 0 Å². The van der Waals surface area contributed by atoms with Gasteiger partial charge in [-0.25, -0.2) is 8.42 Å². The van der Waals surface area contributed by atoms with E-state index in [2.05, 4.69) is 5.32 Å². The van der Waals surface area contributed by atoms with Gasteiger partial charge in [0.2, 0.25) is 9.84 Å². The standard InChI is InChI=1S/C13H16ClF2NO2S/c14-12-3-1-2-9(12)8-17-10-4-6-11(7-5-10)20(18,19)13(15)16/h4-7,9,12-13,17H,1-3,8H2. The largest absolute Gasteiger partial charge is 0.385 e. The van der Waals surface area contributed by atoms with Crippen LogP contribution in [0.5, 0.6) is 0 Å². The van der Waals surface area contributed by atoms with Gasteiger partial charge in [-0.1, -0.05) is 6.42 Å². The molecular weight excluding hydrogens is 308 g/mol. The van der Waals surface area contributed by atoms with Crippen molar-refractivity contribution in [3.63, 3.8) is 0 Å². The first kappa shape index (κ1) is 15.5. The molecule has 1 aromatic rings. The molecule has 0 bridgehead atoms. The second kappa shape index (κ2) is 6.26. The van der Waals surface area contributed by atoms with Crippen LogP contribution in [0.4, 0.5) is 14.5 Å². The molecule has 1 aliphatic carbocycles. The minimum Gasteiger partial charge on any atom is -0.385 e. The summed E-state index contributed by atoms with van der Waals surface area (Å²) in [7, 11) is -4.52. The molecule has 2 rings (SSSR count). The molecule has 0 heterocycles. The minimum atomic E-state index is -4.52. The highest BCUT2D eigenvalue weighted by molar-refractivity contribution is 7.91. The average Bonchev–Trinajstić information content (AvgIpc) is 2.82. The molecule has 1 aliphatic rings. The normalized spacial score (nSPS) is 23.2. The van der Waals surface area contributed by atoms with E-state index >= 15 is 0 Å². The van der Waals surface area contributed by atoms with Crippen molar-refractivity contribution < 1.29 is 17.2 Å². The van der Waals surface area contributed by atoms with Crippen LogP contribution in [-0.2, 0) is 9.84 Å². The number of hydrogen-bond donors (Lipinski definition) is 1. The molecule has 7 heteroatoms. The number of nitrogens with one attached hydrogen (secondary N) is 1. The summed E-state index contributed by atoms with van der Waals surface area (Å²) >= 11 is 6.16. The quantitative estimate of drug-likeness (QED) is 0.844. The summed E-state index contributed by atoms with van der Waals surface area (Å²) in [5, 5.41) is 3.33. The van der Waals surface area contributed by atoms with Crippen molar-refractivity contribution >= 4 is 27.1 Å². The zero-order valence-electron chi connectivity index (χ0n) is 10.7. The van der Waals surface area contributed by atoms with Gasteiger partial charge in [-0.15, -0.1) is 11.6 Å². The Morgan fingerprint density at radius 1 is 1.25 bits per heavy atom. The number of rotatable bonds is 5. The number of halogens is 3. The minimum absolute atomic E-state index is 0.168. The number of benzene rings is 1.